The highest BCUT2D eigenvalue weighted by atomic mass is 35.5. The van der Waals surface area contributed by atoms with Gasteiger partial charge in [0, 0.05) is 24.5 Å². The lowest BCUT2D eigenvalue weighted by molar-refractivity contribution is -0.139. The molecule has 1 aliphatic heterocycles. The van der Waals surface area contributed by atoms with Crippen molar-refractivity contribution in [2.45, 2.75) is 19.4 Å². The predicted octanol–water partition coefficient (Wildman–Crippen LogP) is 4.94. The zero-order chi connectivity index (χ0) is 24.2. The summed E-state index contributed by atoms with van der Waals surface area (Å²) in [6.07, 6.45) is 3.51. The van der Waals surface area contributed by atoms with Gasteiger partial charge in [-0.2, -0.15) is 0 Å². The molecule has 0 spiro atoms. The molecule has 174 valence electrons. The van der Waals surface area contributed by atoms with Gasteiger partial charge in [-0.15, -0.1) is 0 Å². The van der Waals surface area contributed by atoms with Gasteiger partial charge in [-0.3, -0.25) is 14.6 Å². The minimum Gasteiger partial charge on any atom is -0.507 e. The topological polar surface area (TPSA) is 79.7 Å². The molecule has 1 amide bonds. The van der Waals surface area contributed by atoms with Crippen molar-refractivity contribution in [2.24, 2.45) is 0 Å². The summed E-state index contributed by atoms with van der Waals surface area (Å²) in [7, 11) is 0. The summed E-state index contributed by atoms with van der Waals surface area (Å²) in [6.45, 7) is 2.42. The van der Waals surface area contributed by atoms with Crippen LogP contribution in [0.3, 0.4) is 0 Å². The van der Waals surface area contributed by atoms with E-state index in [1.54, 1.807) is 48.8 Å². The maximum Gasteiger partial charge on any atom is 0.295 e. The molecular weight excluding hydrogens is 459 g/mol. The first-order chi connectivity index (χ1) is 16.4. The Labute approximate surface area is 201 Å². The van der Waals surface area contributed by atoms with Gasteiger partial charge in [0.2, 0.25) is 0 Å². The molecule has 1 saturated heterocycles. The van der Waals surface area contributed by atoms with Crippen molar-refractivity contribution in [2.75, 3.05) is 13.2 Å². The minimum absolute atomic E-state index is 0.0640. The van der Waals surface area contributed by atoms with E-state index >= 15 is 0 Å². The summed E-state index contributed by atoms with van der Waals surface area (Å²) in [5, 5.41) is 11.4. The summed E-state index contributed by atoms with van der Waals surface area (Å²) in [5.74, 6) is -1.80. The third-order valence-corrected chi connectivity index (χ3v) is 5.95. The molecule has 1 N–H and O–H groups in total. The SMILES string of the molecule is CCOc1ccc(Cl)c(/C(O)=C2\C(=O)C(=O)N(CCc3ccc(F)cc3)C2c2ccncc2)c1. The van der Waals surface area contributed by atoms with Crippen molar-refractivity contribution in [1.29, 1.82) is 0 Å². The van der Waals surface area contributed by atoms with Crippen molar-refractivity contribution >= 4 is 29.1 Å². The van der Waals surface area contributed by atoms with E-state index in [-0.39, 0.29) is 34.3 Å². The maximum absolute atomic E-state index is 13.3. The molecule has 1 fully saturated rings. The number of Topliss-reactive ketones (excluding diaryl/α,β-unsaturated/α-hetero) is 1. The number of aliphatic hydroxyl groups is 1. The molecule has 0 radical (unpaired) electrons. The number of hydrogen-bond acceptors (Lipinski definition) is 5. The van der Waals surface area contributed by atoms with Crippen molar-refractivity contribution in [3.8, 4) is 5.75 Å². The van der Waals surface area contributed by atoms with Crippen LogP contribution in [0.1, 0.15) is 29.7 Å². The Balaban J connectivity index is 1.78. The van der Waals surface area contributed by atoms with E-state index in [1.807, 2.05) is 6.92 Å². The second kappa shape index (κ2) is 10.1. The van der Waals surface area contributed by atoms with Crippen LogP contribution in [0.5, 0.6) is 5.75 Å². The third-order valence-electron chi connectivity index (χ3n) is 5.62. The van der Waals surface area contributed by atoms with Crippen LogP contribution in [-0.2, 0) is 16.0 Å². The number of ketones is 1. The molecule has 0 bridgehead atoms. The average Bonchev–Trinajstić information content (AvgIpc) is 3.10. The van der Waals surface area contributed by atoms with Gasteiger partial charge >= 0.3 is 0 Å². The van der Waals surface area contributed by atoms with Crippen LogP contribution in [0.25, 0.3) is 5.76 Å². The van der Waals surface area contributed by atoms with Gasteiger partial charge in [0.15, 0.2) is 0 Å². The molecule has 8 heteroatoms. The minimum atomic E-state index is -0.838. The Hall–Kier alpha value is -3.71. The van der Waals surface area contributed by atoms with Gasteiger partial charge in [0.25, 0.3) is 11.7 Å². The number of amides is 1. The molecule has 2 aromatic carbocycles. The third kappa shape index (κ3) is 4.65. The van der Waals surface area contributed by atoms with E-state index in [0.717, 1.165) is 5.56 Å². The fourth-order valence-corrected chi connectivity index (χ4v) is 4.20. The maximum atomic E-state index is 13.3. The number of carbonyl (C=O) groups excluding carboxylic acids is 2. The summed E-state index contributed by atoms with van der Waals surface area (Å²) in [6, 6.07) is 13.2. The molecule has 4 rings (SSSR count). The number of ether oxygens (including phenoxy) is 1. The van der Waals surface area contributed by atoms with Crippen LogP contribution in [0.2, 0.25) is 5.02 Å². The first-order valence-electron chi connectivity index (χ1n) is 10.8. The number of halogens is 2. The lowest BCUT2D eigenvalue weighted by Gasteiger charge is -2.25. The van der Waals surface area contributed by atoms with Gasteiger partial charge in [-0.25, -0.2) is 4.39 Å². The first-order valence-corrected chi connectivity index (χ1v) is 11.1. The molecule has 1 aliphatic rings. The van der Waals surface area contributed by atoms with Gasteiger partial charge in [-0.05, 0) is 66.9 Å². The number of nitrogens with zero attached hydrogens (tertiary/aromatic N) is 2. The smallest absolute Gasteiger partial charge is 0.295 e. The predicted molar refractivity (Wildman–Crippen MR) is 126 cm³/mol. The van der Waals surface area contributed by atoms with E-state index in [0.29, 0.717) is 24.3 Å². The Kier molecular flexibility index (Phi) is 6.93. The molecular formula is C26H22ClFN2O4. The van der Waals surface area contributed by atoms with E-state index in [2.05, 4.69) is 4.98 Å². The van der Waals surface area contributed by atoms with Crippen LogP contribution < -0.4 is 4.74 Å². The van der Waals surface area contributed by atoms with Crippen molar-refractivity contribution in [1.82, 2.24) is 9.88 Å². The largest absolute Gasteiger partial charge is 0.507 e. The number of benzene rings is 2. The highest BCUT2D eigenvalue weighted by Crippen LogP contribution is 2.41. The molecule has 1 aromatic heterocycles. The summed E-state index contributed by atoms with van der Waals surface area (Å²) < 4.78 is 18.8. The average molecular weight is 481 g/mol. The fourth-order valence-electron chi connectivity index (χ4n) is 3.99. The molecule has 34 heavy (non-hydrogen) atoms. The zero-order valence-electron chi connectivity index (χ0n) is 18.4. The molecule has 0 aliphatic carbocycles. The summed E-state index contributed by atoms with van der Waals surface area (Å²) in [5.41, 5.74) is 1.56. The summed E-state index contributed by atoms with van der Waals surface area (Å²) >= 11 is 6.34. The Bertz CT molecular complexity index is 1250. The van der Waals surface area contributed by atoms with Gasteiger partial charge in [0.05, 0.1) is 23.2 Å². The Morgan fingerprint density at radius 3 is 2.50 bits per heavy atom. The molecule has 6 nitrogen and oxygen atoms in total. The number of pyridine rings is 1. The Morgan fingerprint density at radius 2 is 1.82 bits per heavy atom. The number of carbonyl (C=O) groups is 2. The van der Waals surface area contributed by atoms with Crippen LogP contribution in [0.15, 0.2) is 72.6 Å². The molecule has 3 aromatic rings. The number of aromatic nitrogens is 1. The standard InChI is InChI=1S/C26H22ClFN2O4/c1-2-34-19-7-8-21(27)20(15-19)24(31)22-23(17-9-12-29-13-10-17)30(26(33)25(22)32)14-11-16-3-5-18(28)6-4-16/h3-10,12-13,15,23,31H,2,11,14H2,1H3/b24-22+. The fraction of sp³-hybridized carbons (Fsp3) is 0.192. The van der Waals surface area contributed by atoms with E-state index in [9.17, 15) is 19.1 Å². The van der Waals surface area contributed by atoms with E-state index in [1.165, 1.54) is 23.1 Å². The van der Waals surface area contributed by atoms with Crippen LogP contribution in [0.4, 0.5) is 4.39 Å². The second-order valence-electron chi connectivity index (χ2n) is 7.72. The van der Waals surface area contributed by atoms with Gasteiger partial charge < -0.3 is 14.7 Å². The van der Waals surface area contributed by atoms with Crippen LogP contribution in [-0.4, -0.2) is 39.8 Å². The number of hydrogen-bond donors (Lipinski definition) is 1. The number of rotatable bonds is 7. The molecule has 0 saturated carbocycles. The lowest BCUT2D eigenvalue weighted by Crippen LogP contribution is -2.31. The van der Waals surface area contributed by atoms with Crippen molar-refractivity contribution in [3.05, 3.63) is 100 Å². The highest BCUT2D eigenvalue weighted by Gasteiger charge is 2.46. The van der Waals surface area contributed by atoms with Crippen molar-refractivity contribution in [3.63, 3.8) is 0 Å². The van der Waals surface area contributed by atoms with Gasteiger partial charge in [-0.1, -0.05) is 23.7 Å². The van der Waals surface area contributed by atoms with E-state index in [4.69, 9.17) is 16.3 Å². The number of likely N-dealkylation sites (tertiary alicyclic amines) is 1. The molecule has 1 unspecified atom stereocenters. The normalized spacial score (nSPS) is 17.3. The zero-order valence-corrected chi connectivity index (χ0v) is 19.1. The summed E-state index contributed by atoms with van der Waals surface area (Å²) in [4.78, 5) is 31.6. The molecule has 1 atom stereocenters. The van der Waals surface area contributed by atoms with Gasteiger partial charge in [0.1, 0.15) is 17.3 Å². The lowest BCUT2D eigenvalue weighted by atomic mass is 9.95. The van der Waals surface area contributed by atoms with Crippen LogP contribution >= 0.6 is 11.6 Å². The first kappa shape index (κ1) is 23.4. The number of aliphatic hydroxyl groups excluding tert-OH is 1. The molecule has 2 heterocycles. The van der Waals surface area contributed by atoms with E-state index < -0.39 is 17.7 Å². The monoisotopic (exact) mass is 480 g/mol. The van der Waals surface area contributed by atoms with Crippen molar-refractivity contribution < 1.29 is 23.8 Å². The quantitative estimate of drug-likeness (QED) is 0.294. The van der Waals surface area contributed by atoms with Crippen LogP contribution in [0, 0.1) is 5.82 Å². The Morgan fingerprint density at radius 1 is 1.12 bits per heavy atom. The highest BCUT2D eigenvalue weighted by molar-refractivity contribution is 6.47. The second-order valence-corrected chi connectivity index (χ2v) is 8.13.